The summed E-state index contributed by atoms with van der Waals surface area (Å²) in [7, 11) is 0. The van der Waals surface area contributed by atoms with Gasteiger partial charge in [-0.3, -0.25) is 9.59 Å². The van der Waals surface area contributed by atoms with Crippen molar-refractivity contribution in [2.24, 2.45) is 5.92 Å². The highest BCUT2D eigenvalue weighted by atomic mass is 16.1. The summed E-state index contributed by atoms with van der Waals surface area (Å²) in [4.78, 5) is 21.9. The molecule has 0 aromatic rings. The van der Waals surface area contributed by atoms with Crippen LogP contribution in [0.2, 0.25) is 0 Å². The Morgan fingerprint density at radius 2 is 2.36 bits per heavy atom. The number of Topliss-reactive ketones (excluding diaryl/α,β-unsaturated/α-hetero) is 1. The number of hydrogen-bond donors (Lipinski definition) is 0. The fourth-order valence-electron chi connectivity index (χ4n) is 1.43. The second kappa shape index (κ2) is 3.46. The third kappa shape index (κ3) is 2.00. The van der Waals surface area contributed by atoms with E-state index in [0.29, 0.717) is 12.8 Å². The Bertz CT molecular complexity index is 194. The van der Waals surface area contributed by atoms with Gasteiger partial charge in [-0.25, -0.2) is 0 Å². The molecule has 0 aliphatic heterocycles. The van der Waals surface area contributed by atoms with Gasteiger partial charge in [0.1, 0.15) is 5.78 Å². The van der Waals surface area contributed by atoms with E-state index in [-0.39, 0.29) is 17.5 Å². The molecule has 0 saturated heterocycles. The van der Waals surface area contributed by atoms with E-state index in [0.717, 1.165) is 12.8 Å². The first-order valence-corrected chi connectivity index (χ1v) is 3.92. The summed E-state index contributed by atoms with van der Waals surface area (Å²) in [5, 5.41) is 0. The number of allylic oxidation sites excluding steroid dienone is 1. The lowest BCUT2D eigenvalue weighted by atomic mass is 9.85. The van der Waals surface area contributed by atoms with Crippen molar-refractivity contribution < 1.29 is 9.59 Å². The number of rotatable bonds is 2. The van der Waals surface area contributed by atoms with Crippen LogP contribution in [0.3, 0.4) is 0 Å². The summed E-state index contributed by atoms with van der Waals surface area (Å²) in [6, 6.07) is 0. The van der Waals surface area contributed by atoms with Crippen molar-refractivity contribution in [2.45, 2.75) is 25.7 Å². The molecule has 11 heavy (non-hydrogen) atoms. The van der Waals surface area contributed by atoms with Crippen LogP contribution in [0.5, 0.6) is 0 Å². The summed E-state index contributed by atoms with van der Waals surface area (Å²) >= 11 is 0. The van der Waals surface area contributed by atoms with Crippen LogP contribution in [0, 0.1) is 5.92 Å². The van der Waals surface area contributed by atoms with Crippen LogP contribution in [-0.4, -0.2) is 11.6 Å². The van der Waals surface area contributed by atoms with E-state index < -0.39 is 0 Å². The molecule has 2 nitrogen and oxygen atoms in total. The van der Waals surface area contributed by atoms with Crippen LogP contribution in [-0.2, 0) is 9.59 Å². The molecular formula is C9H12O2. The van der Waals surface area contributed by atoms with Gasteiger partial charge in [0.2, 0.25) is 0 Å². The molecule has 0 spiro atoms. The van der Waals surface area contributed by atoms with E-state index in [1.807, 2.05) is 0 Å². The predicted molar refractivity (Wildman–Crippen MR) is 42.2 cm³/mol. The maximum absolute atomic E-state index is 11.0. The first-order chi connectivity index (χ1) is 5.24. The van der Waals surface area contributed by atoms with Gasteiger partial charge in [-0.15, -0.1) is 0 Å². The average Bonchev–Trinajstić information content (AvgIpc) is 2.03. The minimum Gasteiger partial charge on any atom is -0.300 e. The van der Waals surface area contributed by atoms with Crippen molar-refractivity contribution >= 4 is 11.6 Å². The van der Waals surface area contributed by atoms with Gasteiger partial charge in [-0.2, -0.15) is 0 Å². The minimum atomic E-state index is -0.0613. The predicted octanol–water partition coefficient (Wildman–Crippen LogP) is 1.50. The molecule has 1 aliphatic rings. The Morgan fingerprint density at radius 1 is 1.64 bits per heavy atom. The molecule has 1 unspecified atom stereocenters. The Balaban J connectivity index is 2.52. The maximum Gasteiger partial charge on any atom is 0.158 e. The molecule has 0 aromatic carbocycles. The Kier molecular flexibility index (Phi) is 2.58. The van der Waals surface area contributed by atoms with Crippen LogP contribution >= 0.6 is 0 Å². The molecule has 1 fully saturated rings. The molecule has 1 atom stereocenters. The van der Waals surface area contributed by atoms with Crippen LogP contribution in [0.4, 0.5) is 0 Å². The third-order valence-corrected chi connectivity index (χ3v) is 2.09. The Hall–Kier alpha value is -0.920. The fourth-order valence-corrected chi connectivity index (χ4v) is 1.43. The molecule has 0 amide bonds. The first-order valence-electron chi connectivity index (χ1n) is 3.92. The minimum absolute atomic E-state index is 0.0260. The number of carbonyl (C=O) groups excluding carboxylic acids is 2. The van der Waals surface area contributed by atoms with E-state index in [1.165, 1.54) is 6.08 Å². The maximum atomic E-state index is 11.0. The molecule has 0 N–H and O–H groups in total. The van der Waals surface area contributed by atoms with Crippen molar-refractivity contribution in [2.75, 3.05) is 0 Å². The molecule has 0 radical (unpaired) electrons. The molecule has 1 saturated carbocycles. The van der Waals surface area contributed by atoms with Crippen LogP contribution in [0.1, 0.15) is 25.7 Å². The molecule has 60 valence electrons. The van der Waals surface area contributed by atoms with Gasteiger partial charge in [-0.1, -0.05) is 6.58 Å². The number of carbonyl (C=O) groups is 2. The van der Waals surface area contributed by atoms with Gasteiger partial charge in [0.15, 0.2) is 5.78 Å². The summed E-state index contributed by atoms with van der Waals surface area (Å²) < 4.78 is 0. The van der Waals surface area contributed by atoms with Gasteiger partial charge in [0.25, 0.3) is 0 Å². The van der Waals surface area contributed by atoms with Gasteiger partial charge in [-0.05, 0) is 18.9 Å². The third-order valence-electron chi connectivity index (χ3n) is 2.09. The molecule has 1 aliphatic carbocycles. The zero-order valence-corrected chi connectivity index (χ0v) is 6.51. The zero-order chi connectivity index (χ0) is 8.27. The van der Waals surface area contributed by atoms with E-state index in [4.69, 9.17) is 0 Å². The quantitative estimate of drug-likeness (QED) is 0.562. The summed E-state index contributed by atoms with van der Waals surface area (Å²) in [6.07, 6.45) is 4.13. The summed E-state index contributed by atoms with van der Waals surface area (Å²) in [5.74, 6) is 0.184. The second-order valence-corrected chi connectivity index (χ2v) is 2.94. The van der Waals surface area contributed by atoms with E-state index in [1.54, 1.807) is 0 Å². The second-order valence-electron chi connectivity index (χ2n) is 2.94. The smallest absolute Gasteiger partial charge is 0.158 e. The zero-order valence-electron chi connectivity index (χ0n) is 6.51. The standard InChI is InChI=1S/C9H12O2/c1-2-9(11)7-4-3-5-8(10)6-7/h2,7H,1,3-6H2. The van der Waals surface area contributed by atoms with Crippen LogP contribution < -0.4 is 0 Å². The van der Waals surface area contributed by atoms with Crippen molar-refractivity contribution in [3.8, 4) is 0 Å². The van der Waals surface area contributed by atoms with Gasteiger partial charge in [0.05, 0.1) is 0 Å². The lowest BCUT2D eigenvalue weighted by molar-refractivity contribution is -0.127. The SMILES string of the molecule is C=CC(=O)C1CCCC(=O)C1. The highest BCUT2D eigenvalue weighted by Crippen LogP contribution is 2.21. The normalized spacial score (nSPS) is 24.7. The average molecular weight is 152 g/mol. The Morgan fingerprint density at radius 3 is 2.91 bits per heavy atom. The number of hydrogen-bond acceptors (Lipinski definition) is 2. The van der Waals surface area contributed by atoms with Gasteiger partial charge >= 0.3 is 0 Å². The van der Waals surface area contributed by atoms with E-state index in [2.05, 4.69) is 6.58 Å². The van der Waals surface area contributed by atoms with Crippen LogP contribution in [0.15, 0.2) is 12.7 Å². The Labute approximate surface area is 66.3 Å². The van der Waals surface area contributed by atoms with Crippen molar-refractivity contribution in [1.29, 1.82) is 0 Å². The van der Waals surface area contributed by atoms with Gasteiger partial charge in [0, 0.05) is 18.8 Å². The highest BCUT2D eigenvalue weighted by molar-refractivity contribution is 5.95. The molecule has 0 bridgehead atoms. The van der Waals surface area contributed by atoms with Gasteiger partial charge < -0.3 is 0 Å². The molecule has 0 aromatic heterocycles. The van der Waals surface area contributed by atoms with Crippen molar-refractivity contribution in [3.05, 3.63) is 12.7 Å². The summed E-state index contributed by atoms with van der Waals surface area (Å²) in [5.41, 5.74) is 0. The molecule has 2 heteroatoms. The first kappa shape index (κ1) is 8.18. The largest absolute Gasteiger partial charge is 0.300 e. The molecule has 0 heterocycles. The lowest BCUT2D eigenvalue weighted by Gasteiger charge is -2.17. The monoisotopic (exact) mass is 152 g/mol. The van der Waals surface area contributed by atoms with Crippen molar-refractivity contribution in [3.63, 3.8) is 0 Å². The highest BCUT2D eigenvalue weighted by Gasteiger charge is 2.23. The molecular weight excluding hydrogens is 140 g/mol. The van der Waals surface area contributed by atoms with Crippen LogP contribution in [0.25, 0.3) is 0 Å². The lowest BCUT2D eigenvalue weighted by Crippen LogP contribution is -2.21. The topological polar surface area (TPSA) is 34.1 Å². The summed E-state index contributed by atoms with van der Waals surface area (Å²) in [6.45, 7) is 3.40. The van der Waals surface area contributed by atoms with E-state index >= 15 is 0 Å². The fraction of sp³-hybridized carbons (Fsp3) is 0.556. The van der Waals surface area contributed by atoms with Crippen molar-refractivity contribution in [1.82, 2.24) is 0 Å². The number of ketones is 2. The van der Waals surface area contributed by atoms with E-state index in [9.17, 15) is 9.59 Å². The molecule has 1 rings (SSSR count).